The molecule has 0 saturated heterocycles. The molecule has 0 bridgehead atoms. The van der Waals surface area contributed by atoms with E-state index in [1.165, 1.54) is 23.9 Å². The average Bonchev–Trinajstić information content (AvgIpc) is 3.01. The SMILES string of the molecule is CCOC(=O)c1cn(Cc2ccncc2)c(Sc2cccc(F)c2)c1C(C)C. The molecule has 0 radical (unpaired) electrons. The number of nitrogens with zero attached hydrogens (tertiary/aromatic N) is 2. The summed E-state index contributed by atoms with van der Waals surface area (Å²) in [5, 5.41) is 0.917. The van der Waals surface area contributed by atoms with Crippen LogP contribution in [0.3, 0.4) is 0 Å². The van der Waals surface area contributed by atoms with E-state index in [1.54, 1.807) is 25.4 Å². The summed E-state index contributed by atoms with van der Waals surface area (Å²) in [6.07, 6.45) is 5.33. The topological polar surface area (TPSA) is 44.1 Å². The molecule has 3 aromatic rings. The van der Waals surface area contributed by atoms with Gasteiger partial charge in [-0.15, -0.1) is 0 Å². The van der Waals surface area contributed by atoms with E-state index < -0.39 is 0 Å². The first kappa shape index (κ1) is 20.1. The van der Waals surface area contributed by atoms with Gasteiger partial charge in [-0.1, -0.05) is 31.7 Å². The standard InChI is InChI=1S/C22H23FN2O2S/c1-4-27-22(26)19-14-25(13-16-8-10-24-11-9-16)21(20(19)15(2)3)28-18-7-5-6-17(23)12-18/h5-12,14-15H,4,13H2,1-3H3. The summed E-state index contributed by atoms with van der Waals surface area (Å²) in [6, 6.07) is 10.4. The Balaban J connectivity index is 2.10. The molecule has 146 valence electrons. The van der Waals surface area contributed by atoms with Crippen LogP contribution in [0, 0.1) is 5.82 Å². The Morgan fingerprint density at radius 1 is 1.25 bits per heavy atom. The lowest BCUT2D eigenvalue weighted by Crippen LogP contribution is -2.07. The molecule has 4 nitrogen and oxygen atoms in total. The van der Waals surface area contributed by atoms with Gasteiger partial charge in [0.2, 0.25) is 0 Å². The van der Waals surface area contributed by atoms with E-state index in [1.807, 2.05) is 42.8 Å². The number of esters is 1. The molecule has 0 saturated carbocycles. The van der Waals surface area contributed by atoms with Crippen LogP contribution < -0.4 is 0 Å². The van der Waals surface area contributed by atoms with Gasteiger partial charge in [-0.3, -0.25) is 4.98 Å². The third-order valence-electron chi connectivity index (χ3n) is 4.25. The van der Waals surface area contributed by atoms with Gasteiger partial charge in [0.05, 0.1) is 17.2 Å². The highest BCUT2D eigenvalue weighted by molar-refractivity contribution is 7.99. The molecule has 0 aliphatic rings. The maximum atomic E-state index is 13.7. The lowest BCUT2D eigenvalue weighted by molar-refractivity contribution is 0.0524. The lowest BCUT2D eigenvalue weighted by atomic mass is 10.0. The van der Waals surface area contributed by atoms with Crippen molar-refractivity contribution in [1.82, 2.24) is 9.55 Å². The highest BCUT2D eigenvalue weighted by Gasteiger charge is 2.24. The van der Waals surface area contributed by atoms with Crippen LogP contribution in [0.15, 0.2) is 64.9 Å². The summed E-state index contributed by atoms with van der Waals surface area (Å²) in [6.45, 7) is 6.79. The van der Waals surface area contributed by atoms with Gasteiger partial charge in [0, 0.05) is 35.6 Å². The summed E-state index contributed by atoms with van der Waals surface area (Å²) in [4.78, 5) is 17.4. The molecule has 6 heteroatoms. The van der Waals surface area contributed by atoms with Crippen molar-refractivity contribution in [3.8, 4) is 0 Å². The molecule has 1 aromatic carbocycles. The van der Waals surface area contributed by atoms with Gasteiger partial charge in [-0.25, -0.2) is 9.18 Å². The normalized spacial score (nSPS) is 11.0. The maximum Gasteiger partial charge on any atom is 0.340 e. The molecule has 2 aromatic heterocycles. The number of carbonyl (C=O) groups excluding carboxylic acids is 1. The van der Waals surface area contributed by atoms with Crippen molar-refractivity contribution in [1.29, 1.82) is 0 Å². The zero-order chi connectivity index (χ0) is 20.1. The predicted molar refractivity (Wildman–Crippen MR) is 108 cm³/mol. The van der Waals surface area contributed by atoms with Crippen LogP contribution in [-0.2, 0) is 11.3 Å². The van der Waals surface area contributed by atoms with E-state index in [9.17, 15) is 9.18 Å². The molecule has 0 aliphatic heterocycles. The molecule has 0 N–H and O–H groups in total. The van der Waals surface area contributed by atoms with Crippen molar-refractivity contribution in [2.24, 2.45) is 0 Å². The average molecular weight is 399 g/mol. The first-order valence-corrected chi connectivity index (χ1v) is 10.0. The first-order valence-electron chi connectivity index (χ1n) is 9.22. The maximum absolute atomic E-state index is 13.7. The Morgan fingerprint density at radius 2 is 2.00 bits per heavy atom. The van der Waals surface area contributed by atoms with Crippen LogP contribution in [0.1, 0.15) is 48.2 Å². The summed E-state index contributed by atoms with van der Waals surface area (Å²) < 4.78 is 21.0. The van der Waals surface area contributed by atoms with E-state index in [2.05, 4.69) is 4.98 Å². The zero-order valence-corrected chi connectivity index (χ0v) is 17.0. The van der Waals surface area contributed by atoms with Crippen LogP contribution in [0.4, 0.5) is 4.39 Å². The number of halogens is 1. The Hall–Kier alpha value is -2.60. The number of hydrogen-bond donors (Lipinski definition) is 0. The number of pyridine rings is 1. The fourth-order valence-electron chi connectivity index (χ4n) is 3.04. The van der Waals surface area contributed by atoms with E-state index in [0.29, 0.717) is 18.7 Å². The van der Waals surface area contributed by atoms with Gasteiger partial charge in [0.15, 0.2) is 0 Å². The van der Waals surface area contributed by atoms with Crippen molar-refractivity contribution < 1.29 is 13.9 Å². The van der Waals surface area contributed by atoms with Crippen LogP contribution in [-0.4, -0.2) is 22.1 Å². The van der Waals surface area contributed by atoms with Crippen LogP contribution in [0.5, 0.6) is 0 Å². The van der Waals surface area contributed by atoms with Gasteiger partial charge in [-0.2, -0.15) is 0 Å². The van der Waals surface area contributed by atoms with E-state index >= 15 is 0 Å². The summed E-state index contributed by atoms with van der Waals surface area (Å²) in [5.41, 5.74) is 2.54. The highest BCUT2D eigenvalue weighted by atomic mass is 32.2. The highest BCUT2D eigenvalue weighted by Crippen LogP contribution is 2.38. The Kier molecular flexibility index (Phi) is 6.52. The van der Waals surface area contributed by atoms with Gasteiger partial charge in [-0.05, 0) is 48.7 Å². The van der Waals surface area contributed by atoms with Gasteiger partial charge < -0.3 is 9.30 Å². The van der Waals surface area contributed by atoms with Crippen molar-refractivity contribution in [2.75, 3.05) is 6.61 Å². The fourth-order valence-corrected chi connectivity index (χ4v) is 4.27. The molecular formula is C22H23FN2O2S. The van der Waals surface area contributed by atoms with Crippen LogP contribution >= 0.6 is 11.8 Å². The van der Waals surface area contributed by atoms with E-state index in [0.717, 1.165) is 21.0 Å². The molecule has 0 amide bonds. The van der Waals surface area contributed by atoms with Gasteiger partial charge in [0.25, 0.3) is 0 Å². The summed E-state index contributed by atoms with van der Waals surface area (Å²) in [5.74, 6) is -0.510. The van der Waals surface area contributed by atoms with Gasteiger partial charge >= 0.3 is 5.97 Å². The molecule has 3 rings (SSSR count). The molecule has 0 spiro atoms. The van der Waals surface area contributed by atoms with Crippen molar-refractivity contribution in [3.05, 3.63) is 77.5 Å². The quantitative estimate of drug-likeness (QED) is 0.492. The molecule has 0 unspecified atom stereocenters. The third kappa shape index (κ3) is 4.62. The van der Waals surface area contributed by atoms with Crippen molar-refractivity contribution in [3.63, 3.8) is 0 Å². The molecule has 0 atom stereocenters. The smallest absolute Gasteiger partial charge is 0.340 e. The predicted octanol–water partition coefficient (Wildman–Crippen LogP) is 5.52. The first-order chi connectivity index (χ1) is 13.5. The monoisotopic (exact) mass is 398 g/mol. The number of carbonyl (C=O) groups is 1. The Morgan fingerprint density at radius 3 is 2.64 bits per heavy atom. The minimum Gasteiger partial charge on any atom is -0.462 e. The van der Waals surface area contributed by atoms with Crippen molar-refractivity contribution >= 4 is 17.7 Å². The minimum atomic E-state index is -0.333. The second kappa shape index (κ2) is 9.06. The van der Waals surface area contributed by atoms with Crippen LogP contribution in [0.2, 0.25) is 0 Å². The second-order valence-electron chi connectivity index (χ2n) is 6.68. The lowest BCUT2D eigenvalue weighted by Gasteiger charge is -2.14. The Labute approximate surface area is 168 Å². The number of rotatable bonds is 7. The molecular weight excluding hydrogens is 375 g/mol. The Bertz CT molecular complexity index is 954. The number of ether oxygens (including phenoxy) is 1. The molecule has 2 heterocycles. The zero-order valence-electron chi connectivity index (χ0n) is 16.2. The molecule has 0 fully saturated rings. The molecule has 0 aliphatic carbocycles. The fraction of sp³-hybridized carbons (Fsp3) is 0.273. The summed E-state index contributed by atoms with van der Waals surface area (Å²) >= 11 is 1.46. The van der Waals surface area contributed by atoms with Gasteiger partial charge in [0.1, 0.15) is 5.82 Å². The third-order valence-corrected chi connectivity index (χ3v) is 5.39. The largest absolute Gasteiger partial charge is 0.462 e. The number of aromatic nitrogens is 2. The second-order valence-corrected chi connectivity index (χ2v) is 7.74. The molecule has 28 heavy (non-hydrogen) atoms. The van der Waals surface area contributed by atoms with E-state index in [4.69, 9.17) is 4.74 Å². The minimum absolute atomic E-state index is 0.106. The summed E-state index contributed by atoms with van der Waals surface area (Å²) in [7, 11) is 0. The number of benzene rings is 1. The van der Waals surface area contributed by atoms with E-state index in [-0.39, 0.29) is 17.7 Å². The van der Waals surface area contributed by atoms with Crippen molar-refractivity contribution in [2.45, 2.75) is 43.2 Å². The number of hydrogen-bond acceptors (Lipinski definition) is 4. The van der Waals surface area contributed by atoms with Crippen LogP contribution in [0.25, 0.3) is 0 Å².